The number of carbonyl (C=O) groups is 1. The molecule has 0 unspecified atom stereocenters. The van der Waals surface area contributed by atoms with Crippen LogP contribution < -0.4 is 10.6 Å². The van der Waals surface area contributed by atoms with Gasteiger partial charge in [0.15, 0.2) is 0 Å². The molecule has 1 aliphatic carbocycles. The fourth-order valence-corrected chi connectivity index (χ4v) is 1.65. The number of para-hydroxylation sites is 1. The zero-order valence-electron chi connectivity index (χ0n) is 10.2. The van der Waals surface area contributed by atoms with Gasteiger partial charge >= 0.3 is 0 Å². The molecule has 100 valence electrons. The summed E-state index contributed by atoms with van der Waals surface area (Å²) in [5.74, 6) is -0.0337. The Labute approximate surface area is 113 Å². The van der Waals surface area contributed by atoms with E-state index >= 15 is 0 Å². The lowest BCUT2D eigenvalue weighted by Gasteiger charge is -2.13. The summed E-state index contributed by atoms with van der Waals surface area (Å²) < 4.78 is 0. The van der Waals surface area contributed by atoms with Crippen LogP contribution in [-0.2, 0) is 4.79 Å². The highest BCUT2D eigenvalue weighted by atomic mass is 35.5. The van der Waals surface area contributed by atoms with Crippen molar-refractivity contribution in [3.05, 3.63) is 30.3 Å². The second kappa shape index (κ2) is 6.61. The van der Waals surface area contributed by atoms with Gasteiger partial charge in [0, 0.05) is 17.6 Å². The topological polar surface area (TPSA) is 61.4 Å². The number of nitrogens with one attached hydrogen (secondary N) is 2. The number of benzene rings is 1. The Kier molecular flexibility index (Phi) is 5.44. The molecular weight excluding hydrogens is 252 g/mol. The Morgan fingerprint density at radius 1 is 1.28 bits per heavy atom. The Morgan fingerprint density at radius 2 is 1.94 bits per heavy atom. The van der Waals surface area contributed by atoms with Crippen molar-refractivity contribution in [2.24, 2.45) is 5.41 Å². The summed E-state index contributed by atoms with van der Waals surface area (Å²) in [5, 5.41) is 15.0. The largest absolute Gasteiger partial charge is 0.396 e. The third-order valence-electron chi connectivity index (χ3n) is 3.18. The molecule has 1 saturated carbocycles. The SMILES string of the molecule is Cl.O=C(CNc1ccccc1)NCC1(CO)CC1. The van der Waals surface area contributed by atoms with E-state index in [1.807, 2.05) is 30.3 Å². The third-order valence-corrected chi connectivity index (χ3v) is 3.18. The summed E-state index contributed by atoms with van der Waals surface area (Å²) >= 11 is 0. The summed E-state index contributed by atoms with van der Waals surface area (Å²) in [6, 6.07) is 9.62. The quantitative estimate of drug-likeness (QED) is 0.732. The van der Waals surface area contributed by atoms with Gasteiger partial charge in [0.2, 0.25) is 5.91 Å². The second-order valence-electron chi connectivity index (χ2n) is 4.65. The maximum atomic E-state index is 11.6. The summed E-state index contributed by atoms with van der Waals surface area (Å²) in [7, 11) is 0. The van der Waals surface area contributed by atoms with Gasteiger partial charge in [0.1, 0.15) is 0 Å². The van der Waals surface area contributed by atoms with Gasteiger partial charge in [-0.25, -0.2) is 0 Å². The van der Waals surface area contributed by atoms with Gasteiger partial charge in [-0.3, -0.25) is 4.79 Å². The Morgan fingerprint density at radius 3 is 2.50 bits per heavy atom. The van der Waals surface area contributed by atoms with Crippen LogP contribution in [0.25, 0.3) is 0 Å². The number of hydrogen-bond acceptors (Lipinski definition) is 3. The minimum atomic E-state index is -0.0337. The molecule has 18 heavy (non-hydrogen) atoms. The third kappa shape index (κ3) is 4.20. The first kappa shape index (κ1) is 14.8. The monoisotopic (exact) mass is 270 g/mol. The molecule has 0 saturated heterocycles. The van der Waals surface area contributed by atoms with Crippen molar-refractivity contribution in [2.75, 3.05) is 25.0 Å². The lowest BCUT2D eigenvalue weighted by atomic mass is 10.1. The molecular formula is C13H19ClN2O2. The first-order valence-corrected chi connectivity index (χ1v) is 5.91. The van der Waals surface area contributed by atoms with Gasteiger partial charge < -0.3 is 15.7 Å². The molecule has 4 nitrogen and oxygen atoms in total. The Balaban J connectivity index is 0.00000162. The molecule has 0 atom stereocenters. The Hall–Kier alpha value is -1.26. The standard InChI is InChI=1S/C13H18N2O2.ClH/c16-10-13(6-7-13)9-15-12(17)8-14-11-4-2-1-3-5-11;/h1-5,14,16H,6-10H2,(H,15,17);1H. The fourth-order valence-electron chi connectivity index (χ4n) is 1.65. The molecule has 2 rings (SSSR count). The molecule has 1 amide bonds. The van der Waals surface area contributed by atoms with Gasteiger partial charge in [-0.05, 0) is 25.0 Å². The molecule has 0 aromatic heterocycles. The van der Waals surface area contributed by atoms with Crippen molar-refractivity contribution in [1.29, 1.82) is 0 Å². The summed E-state index contributed by atoms with van der Waals surface area (Å²) in [6.07, 6.45) is 2.02. The average molecular weight is 271 g/mol. The van der Waals surface area contributed by atoms with E-state index in [0.29, 0.717) is 6.54 Å². The van der Waals surface area contributed by atoms with E-state index in [4.69, 9.17) is 5.11 Å². The highest BCUT2D eigenvalue weighted by Crippen LogP contribution is 2.44. The first-order chi connectivity index (χ1) is 8.24. The normalized spacial score (nSPS) is 15.4. The molecule has 0 radical (unpaired) electrons. The number of carbonyl (C=O) groups excluding carboxylic acids is 1. The minimum Gasteiger partial charge on any atom is -0.396 e. The van der Waals surface area contributed by atoms with Crippen LogP contribution in [0, 0.1) is 5.41 Å². The minimum absolute atomic E-state index is 0. The van der Waals surface area contributed by atoms with Crippen LogP contribution in [0.3, 0.4) is 0 Å². The van der Waals surface area contributed by atoms with Gasteiger partial charge in [0.05, 0.1) is 13.2 Å². The van der Waals surface area contributed by atoms with E-state index in [9.17, 15) is 4.79 Å². The lowest BCUT2D eigenvalue weighted by Crippen LogP contribution is -2.35. The maximum absolute atomic E-state index is 11.6. The first-order valence-electron chi connectivity index (χ1n) is 5.91. The fraction of sp³-hybridized carbons (Fsp3) is 0.462. The van der Waals surface area contributed by atoms with Crippen LogP contribution >= 0.6 is 12.4 Å². The van der Waals surface area contributed by atoms with Crippen molar-refractivity contribution in [3.63, 3.8) is 0 Å². The molecule has 1 aromatic carbocycles. The van der Waals surface area contributed by atoms with Crippen LogP contribution in [-0.4, -0.2) is 30.7 Å². The number of halogens is 1. The van der Waals surface area contributed by atoms with Gasteiger partial charge in [-0.1, -0.05) is 18.2 Å². The number of hydrogen-bond donors (Lipinski definition) is 3. The van der Waals surface area contributed by atoms with Crippen LogP contribution in [0.15, 0.2) is 30.3 Å². The average Bonchev–Trinajstić information content (AvgIpc) is 3.16. The highest BCUT2D eigenvalue weighted by Gasteiger charge is 2.41. The van der Waals surface area contributed by atoms with E-state index in [2.05, 4.69) is 10.6 Å². The molecule has 1 fully saturated rings. The number of amides is 1. The number of aliphatic hydroxyl groups excluding tert-OH is 1. The smallest absolute Gasteiger partial charge is 0.239 e. The van der Waals surface area contributed by atoms with E-state index < -0.39 is 0 Å². The molecule has 0 aliphatic heterocycles. The summed E-state index contributed by atoms with van der Waals surface area (Å²) in [6.45, 7) is 1.02. The van der Waals surface area contributed by atoms with Crippen molar-refractivity contribution in [1.82, 2.24) is 5.32 Å². The van der Waals surface area contributed by atoms with Crippen LogP contribution in [0.4, 0.5) is 5.69 Å². The maximum Gasteiger partial charge on any atom is 0.239 e. The highest BCUT2D eigenvalue weighted by molar-refractivity contribution is 5.85. The van der Waals surface area contributed by atoms with E-state index in [1.54, 1.807) is 0 Å². The van der Waals surface area contributed by atoms with Crippen molar-refractivity contribution in [3.8, 4) is 0 Å². The van der Waals surface area contributed by atoms with Gasteiger partial charge in [-0.2, -0.15) is 0 Å². The zero-order valence-corrected chi connectivity index (χ0v) is 11.0. The van der Waals surface area contributed by atoms with Crippen LogP contribution in [0.5, 0.6) is 0 Å². The predicted molar refractivity (Wildman–Crippen MR) is 73.9 cm³/mol. The van der Waals surface area contributed by atoms with E-state index in [1.165, 1.54) is 0 Å². The second-order valence-corrected chi connectivity index (χ2v) is 4.65. The van der Waals surface area contributed by atoms with Gasteiger partial charge in [0.25, 0.3) is 0 Å². The predicted octanol–water partition coefficient (Wildman–Crippen LogP) is 1.41. The number of anilines is 1. The molecule has 5 heteroatoms. The van der Waals surface area contributed by atoms with Crippen LogP contribution in [0.1, 0.15) is 12.8 Å². The zero-order chi connectivity index (χ0) is 12.1. The van der Waals surface area contributed by atoms with E-state index in [-0.39, 0.29) is 36.9 Å². The molecule has 0 heterocycles. The summed E-state index contributed by atoms with van der Waals surface area (Å²) in [4.78, 5) is 11.6. The molecule has 1 aliphatic rings. The molecule has 3 N–H and O–H groups in total. The van der Waals surface area contributed by atoms with Crippen molar-refractivity contribution in [2.45, 2.75) is 12.8 Å². The molecule has 1 aromatic rings. The van der Waals surface area contributed by atoms with Crippen molar-refractivity contribution >= 4 is 24.0 Å². The number of rotatable bonds is 6. The molecule has 0 spiro atoms. The summed E-state index contributed by atoms with van der Waals surface area (Å²) in [5.41, 5.74) is 0.911. The van der Waals surface area contributed by atoms with Crippen LogP contribution in [0.2, 0.25) is 0 Å². The van der Waals surface area contributed by atoms with Crippen molar-refractivity contribution < 1.29 is 9.90 Å². The molecule has 0 bridgehead atoms. The van der Waals surface area contributed by atoms with Gasteiger partial charge in [-0.15, -0.1) is 12.4 Å². The lowest BCUT2D eigenvalue weighted by molar-refractivity contribution is -0.119. The Bertz CT molecular complexity index is 380. The van der Waals surface area contributed by atoms with E-state index in [0.717, 1.165) is 18.5 Å². The number of aliphatic hydroxyl groups is 1.